The first-order chi connectivity index (χ1) is 17.2. The van der Waals surface area contributed by atoms with E-state index in [1.165, 1.54) is 0 Å². The van der Waals surface area contributed by atoms with Gasteiger partial charge in [0.15, 0.2) is 11.5 Å². The van der Waals surface area contributed by atoms with E-state index in [0.29, 0.717) is 18.1 Å². The van der Waals surface area contributed by atoms with Crippen LogP contribution in [0.5, 0.6) is 11.5 Å². The first-order valence-electron chi connectivity index (χ1n) is 13.0. The molecule has 3 aliphatic heterocycles. The SMILES string of the molecule is CN(C)CCOc1cccc2c1OC(C)(C)[C@H]1C[C@H]3CN(Cc4ccc(C(=O)O)cc4)CC[C@@H]3O[C@H]21. The number of piperidine rings is 1. The zero-order valence-electron chi connectivity index (χ0n) is 21.8. The molecule has 3 aliphatic rings. The molecule has 2 fully saturated rings. The van der Waals surface area contributed by atoms with Gasteiger partial charge in [0.05, 0.1) is 17.8 Å². The van der Waals surface area contributed by atoms with Gasteiger partial charge in [0.2, 0.25) is 0 Å². The van der Waals surface area contributed by atoms with Crippen LogP contribution in [0.25, 0.3) is 0 Å². The summed E-state index contributed by atoms with van der Waals surface area (Å²) in [4.78, 5) is 15.7. The standard InChI is InChI=1S/C29H38N2O5/c1-29(2)23-16-21-18-31(17-19-8-10-20(11-9-19)28(32)33)13-12-24(21)35-26(23)22-6-5-7-25(27(22)36-29)34-15-14-30(3)4/h5-11,21,23-24,26H,12-18H2,1-4H3,(H,32,33)/t21-,23-,24-,26+/m0/s1. The van der Waals surface area contributed by atoms with Crippen molar-refractivity contribution < 1.29 is 24.1 Å². The molecule has 0 aromatic heterocycles. The normalized spacial score (nSPS) is 26.9. The number of carboxylic acids is 1. The summed E-state index contributed by atoms with van der Waals surface area (Å²) in [6.07, 6.45) is 2.30. The Hall–Kier alpha value is -2.61. The van der Waals surface area contributed by atoms with E-state index in [1.54, 1.807) is 12.1 Å². The van der Waals surface area contributed by atoms with Crippen molar-refractivity contribution >= 4 is 5.97 Å². The summed E-state index contributed by atoms with van der Waals surface area (Å²) in [5.74, 6) is 1.46. The van der Waals surface area contributed by atoms with E-state index < -0.39 is 5.97 Å². The number of ether oxygens (including phenoxy) is 3. The molecule has 2 saturated heterocycles. The third-order valence-electron chi connectivity index (χ3n) is 7.97. The number of likely N-dealkylation sites (N-methyl/N-ethyl adjacent to an activating group) is 1. The molecule has 7 nitrogen and oxygen atoms in total. The fourth-order valence-electron chi connectivity index (χ4n) is 5.97. The second-order valence-corrected chi connectivity index (χ2v) is 11.3. The molecule has 0 radical (unpaired) electrons. The van der Waals surface area contributed by atoms with E-state index in [-0.39, 0.29) is 23.7 Å². The maximum Gasteiger partial charge on any atom is 0.335 e. The third-order valence-corrected chi connectivity index (χ3v) is 7.97. The Morgan fingerprint density at radius 1 is 1.19 bits per heavy atom. The zero-order valence-corrected chi connectivity index (χ0v) is 21.8. The molecule has 1 N–H and O–H groups in total. The van der Waals surface area contributed by atoms with E-state index in [0.717, 1.165) is 61.6 Å². The molecule has 0 bridgehead atoms. The van der Waals surface area contributed by atoms with Crippen LogP contribution in [-0.4, -0.2) is 72.9 Å². The van der Waals surface area contributed by atoms with Crippen LogP contribution in [0.1, 0.15) is 54.3 Å². The smallest absolute Gasteiger partial charge is 0.335 e. The molecule has 0 spiro atoms. The van der Waals surface area contributed by atoms with E-state index in [1.807, 2.05) is 32.3 Å². The molecule has 0 unspecified atom stereocenters. The van der Waals surface area contributed by atoms with Gasteiger partial charge in [-0.3, -0.25) is 4.90 Å². The Kier molecular flexibility index (Phi) is 6.99. The number of nitrogens with zero attached hydrogens (tertiary/aromatic N) is 2. The fourth-order valence-corrected chi connectivity index (χ4v) is 5.97. The second-order valence-electron chi connectivity index (χ2n) is 11.3. The average Bonchev–Trinajstić information content (AvgIpc) is 2.83. The molecule has 0 aliphatic carbocycles. The van der Waals surface area contributed by atoms with Crippen molar-refractivity contribution in [2.75, 3.05) is 40.3 Å². The summed E-state index contributed by atoms with van der Waals surface area (Å²) in [5.41, 5.74) is 2.22. The molecule has 36 heavy (non-hydrogen) atoms. The minimum atomic E-state index is -0.887. The van der Waals surface area contributed by atoms with Gasteiger partial charge >= 0.3 is 5.97 Å². The van der Waals surface area contributed by atoms with Crippen LogP contribution in [0.3, 0.4) is 0 Å². The first-order valence-corrected chi connectivity index (χ1v) is 13.0. The van der Waals surface area contributed by atoms with Crippen LogP contribution >= 0.6 is 0 Å². The average molecular weight is 495 g/mol. The molecule has 0 saturated carbocycles. The van der Waals surface area contributed by atoms with Crippen LogP contribution in [0.2, 0.25) is 0 Å². The van der Waals surface area contributed by atoms with Gasteiger partial charge in [-0.1, -0.05) is 24.3 Å². The van der Waals surface area contributed by atoms with Crippen LogP contribution in [0.15, 0.2) is 42.5 Å². The van der Waals surface area contributed by atoms with Crippen molar-refractivity contribution in [3.8, 4) is 11.5 Å². The highest BCUT2D eigenvalue weighted by Gasteiger charge is 2.51. The number of rotatable bonds is 7. The Morgan fingerprint density at radius 2 is 1.97 bits per heavy atom. The minimum absolute atomic E-state index is 0.0116. The van der Waals surface area contributed by atoms with Gasteiger partial charge in [-0.2, -0.15) is 0 Å². The van der Waals surface area contributed by atoms with Crippen molar-refractivity contribution in [1.29, 1.82) is 0 Å². The third kappa shape index (κ3) is 5.10. The van der Waals surface area contributed by atoms with Crippen LogP contribution < -0.4 is 9.47 Å². The van der Waals surface area contributed by atoms with Crippen LogP contribution in [0, 0.1) is 11.8 Å². The van der Waals surface area contributed by atoms with Crippen molar-refractivity contribution in [2.24, 2.45) is 11.8 Å². The van der Waals surface area contributed by atoms with Crippen LogP contribution in [0.4, 0.5) is 0 Å². The van der Waals surface area contributed by atoms with Crippen molar-refractivity contribution in [1.82, 2.24) is 9.80 Å². The summed E-state index contributed by atoms with van der Waals surface area (Å²) in [6.45, 7) is 8.59. The quantitative estimate of drug-likeness (QED) is 0.609. The molecule has 194 valence electrons. The highest BCUT2D eigenvalue weighted by molar-refractivity contribution is 5.87. The lowest BCUT2D eigenvalue weighted by Gasteiger charge is -2.53. The maximum atomic E-state index is 11.2. The lowest BCUT2D eigenvalue weighted by molar-refractivity contribution is -0.188. The zero-order chi connectivity index (χ0) is 25.4. The largest absolute Gasteiger partial charge is 0.488 e. The van der Waals surface area contributed by atoms with Crippen molar-refractivity contribution in [2.45, 2.75) is 51.0 Å². The Bertz CT molecular complexity index is 1080. The Labute approximate surface area is 213 Å². The van der Waals surface area contributed by atoms with Crippen molar-refractivity contribution in [3.63, 3.8) is 0 Å². The summed E-state index contributed by atoms with van der Waals surface area (Å²) >= 11 is 0. The summed E-state index contributed by atoms with van der Waals surface area (Å²) in [6, 6.07) is 13.4. The Balaban J connectivity index is 1.29. The molecule has 2 aromatic carbocycles. The predicted octanol–water partition coefficient (Wildman–Crippen LogP) is 4.46. The van der Waals surface area contributed by atoms with E-state index in [9.17, 15) is 4.79 Å². The maximum absolute atomic E-state index is 11.2. The van der Waals surface area contributed by atoms with Gasteiger partial charge in [0.1, 0.15) is 12.2 Å². The van der Waals surface area contributed by atoms with Gasteiger partial charge in [-0.05, 0) is 70.5 Å². The molecule has 0 amide bonds. The second kappa shape index (κ2) is 10.0. The first kappa shape index (κ1) is 25.1. The van der Waals surface area contributed by atoms with Crippen molar-refractivity contribution in [3.05, 3.63) is 59.2 Å². The number of para-hydroxylation sites is 1. The molecule has 3 heterocycles. The van der Waals surface area contributed by atoms with Gasteiger partial charge in [-0.15, -0.1) is 0 Å². The van der Waals surface area contributed by atoms with E-state index in [4.69, 9.17) is 19.3 Å². The molecule has 2 aromatic rings. The Morgan fingerprint density at radius 3 is 2.69 bits per heavy atom. The van der Waals surface area contributed by atoms with Gasteiger partial charge in [0, 0.05) is 37.7 Å². The monoisotopic (exact) mass is 494 g/mol. The summed E-state index contributed by atoms with van der Waals surface area (Å²) in [5, 5.41) is 9.15. The molecule has 5 rings (SSSR count). The minimum Gasteiger partial charge on any atom is -0.488 e. The summed E-state index contributed by atoms with van der Waals surface area (Å²) in [7, 11) is 4.08. The van der Waals surface area contributed by atoms with Crippen LogP contribution in [-0.2, 0) is 11.3 Å². The number of carbonyl (C=O) groups is 1. The van der Waals surface area contributed by atoms with E-state index in [2.05, 4.69) is 35.8 Å². The van der Waals surface area contributed by atoms with E-state index >= 15 is 0 Å². The topological polar surface area (TPSA) is 71.5 Å². The lowest BCUT2D eigenvalue weighted by Crippen LogP contribution is -2.55. The van der Waals surface area contributed by atoms with Gasteiger partial charge in [0.25, 0.3) is 0 Å². The molecular weight excluding hydrogens is 456 g/mol. The lowest BCUT2D eigenvalue weighted by atomic mass is 9.70. The summed E-state index contributed by atoms with van der Waals surface area (Å²) < 4.78 is 19.6. The predicted molar refractivity (Wildman–Crippen MR) is 138 cm³/mol. The number of likely N-dealkylation sites (tertiary alicyclic amines) is 1. The highest BCUT2D eigenvalue weighted by Crippen LogP contribution is 2.55. The number of hydrogen-bond donors (Lipinski definition) is 1. The number of aromatic carboxylic acids is 1. The fraction of sp³-hybridized carbons (Fsp3) is 0.552. The molecular formula is C29H38N2O5. The van der Waals surface area contributed by atoms with Gasteiger partial charge in [-0.25, -0.2) is 4.79 Å². The number of carboxylic acid groups (broad SMARTS) is 1. The number of benzene rings is 2. The number of fused-ring (bicyclic) bond motifs is 4. The molecule has 4 atom stereocenters. The highest BCUT2D eigenvalue weighted by atomic mass is 16.5. The molecule has 7 heteroatoms. The number of hydrogen-bond acceptors (Lipinski definition) is 6. The van der Waals surface area contributed by atoms with Gasteiger partial charge < -0.3 is 24.2 Å².